The molecule has 0 radical (unpaired) electrons. The lowest BCUT2D eigenvalue weighted by atomic mass is 10.2. The molecule has 2 rings (SSSR count). The lowest BCUT2D eigenvalue weighted by molar-refractivity contribution is 0.0953. The van der Waals surface area contributed by atoms with Crippen LogP contribution in [0.3, 0.4) is 0 Å². The van der Waals surface area contributed by atoms with Crippen molar-refractivity contribution in [1.82, 2.24) is 10.3 Å². The number of pyridine rings is 1. The van der Waals surface area contributed by atoms with Gasteiger partial charge in [0.2, 0.25) is 0 Å². The summed E-state index contributed by atoms with van der Waals surface area (Å²) >= 11 is 0. The molecule has 0 aliphatic rings. The van der Waals surface area contributed by atoms with Crippen molar-refractivity contribution in [3.05, 3.63) is 53.7 Å². The Labute approximate surface area is 136 Å². The fraction of sp³-hybridized carbons (Fsp3) is 0.278. The van der Waals surface area contributed by atoms with E-state index in [1.165, 1.54) is 0 Å². The summed E-state index contributed by atoms with van der Waals surface area (Å²) in [6.45, 7) is 2.80. The summed E-state index contributed by atoms with van der Waals surface area (Å²) in [5, 5.41) is 15.1. The first kappa shape index (κ1) is 16.5. The molecule has 5 heteroatoms. The maximum Gasteiger partial charge on any atom is 0.251 e. The third-order valence-corrected chi connectivity index (χ3v) is 3.40. The Morgan fingerprint density at radius 1 is 1.26 bits per heavy atom. The number of carbonyl (C=O) groups is 1. The number of unbranched alkanes of at least 4 members (excludes halogenated alkanes) is 2. The van der Waals surface area contributed by atoms with Crippen molar-refractivity contribution in [2.75, 3.05) is 11.9 Å². The summed E-state index contributed by atoms with van der Waals surface area (Å²) in [7, 11) is 0. The van der Waals surface area contributed by atoms with Gasteiger partial charge in [0, 0.05) is 18.3 Å². The Hall–Kier alpha value is -2.87. The summed E-state index contributed by atoms with van der Waals surface area (Å²) in [6.07, 6.45) is 4.79. The predicted octanol–water partition coefficient (Wildman–Crippen LogP) is 3.62. The number of anilines is 2. The van der Waals surface area contributed by atoms with Gasteiger partial charge < -0.3 is 10.6 Å². The van der Waals surface area contributed by atoms with Crippen LogP contribution in [-0.2, 0) is 0 Å². The smallest absolute Gasteiger partial charge is 0.251 e. The first-order valence-electron chi connectivity index (χ1n) is 7.75. The Kier molecular flexibility index (Phi) is 6.13. The standard InChI is InChI=1S/C18H20N4O/c1-2-3-6-10-21-18(23)14-9-11-20-17(12-14)22-16-8-5-4-7-15(16)13-19/h4-5,7-9,11-12H,2-3,6,10H2,1H3,(H,20,22)(H,21,23). The van der Waals surface area contributed by atoms with Gasteiger partial charge in [-0.15, -0.1) is 0 Å². The van der Waals surface area contributed by atoms with E-state index in [0.717, 1.165) is 19.3 Å². The number of para-hydroxylation sites is 1. The molecule has 1 aromatic carbocycles. The first-order valence-corrected chi connectivity index (χ1v) is 7.75. The molecule has 23 heavy (non-hydrogen) atoms. The van der Waals surface area contributed by atoms with Gasteiger partial charge in [0.05, 0.1) is 11.3 Å². The van der Waals surface area contributed by atoms with Crippen LogP contribution in [0.5, 0.6) is 0 Å². The van der Waals surface area contributed by atoms with Crippen molar-refractivity contribution in [2.45, 2.75) is 26.2 Å². The largest absolute Gasteiger partial charge is 0.352 e. The number of nitriles is 1. The van der Waals surface area contributed by atoms with Crippen molar-refractivity contribution < 1.29 is 4.79 Å². The molecule has 0 saturated heterocycles. The summed E-state index contributed by atoms with van der Waals surface area (Å²) in [5.74, 6) is 0.425. The molecule has 5 nitrogen and oxygen atoms in total. The lowest BCUT2D eigenvalue weighted by Crippen LogP contribution is -2.24. The molecule has 2 N–H and O–H groups in total. The molecular weight excluding hydrogens is 288 g/mol. The molecule has 0 aliphatic carbocycles. The van der Waals surface area contributed by atoms with Gasteiger partial charge in [-0.25, -0.2) is 4.98 Å². The van der Waals surface area contributed by atoms with Crippen LogP contribution in [0, 0.1) is 11.3 Å². The van der Waals surface area contributed by atoms with E-state index in [1.807, 2.05) is 6.07 Å². The fourth-order valence-corrected chi connectivity index (χ4v) is 2.15. The molecule has 0 spiro atoms. The van der Waals surface area contributed by atoms with E-state index in [-0.39, 0.29) is 5.91 Å². The topological polar surface area (TPSA) is 77.8 Å². The van der Waals surface area contributed by atoms with E-state index in [1.54, 1.807) is 36.5 Å². The number of rotatable bonds is 7. The molecule has 0 unspecified atom stereocenters. The maximum absolute atomic E-state index is 12.1. The molecule has 1 heterocycles. The molecular formula is C18H20N4O. The highest BCUT2D eigenvalue weighted by molar-refractivity contribution is 5.94. The van der Waals surface area contributed by atoms with Crippen LogP contribution < -0.4 is 10.6 Å². The van der Waals surface area contributed by atoms with Crippen molar-refractivity contribution in [3.8, 4) is 6.07 Å². The van der Waals surface area contributed by atoms with Gasteiger partial charge in [-0.3, -0.25) is 4.79 Å². The molecule has 1 aromatic heterocycles. The van der Waals surface area contributed by atoms with Gasteiger partial charge in [0.25, 0.3) is 5.91 Å². The molecule has 0 saturated carbocycles. The Morgan fingerprint density at radius 2 is 2.09 bits per heavy atom. The minimum atomic E-state index is -0.111. The zero-order chi connectivity index (χ0) is 16.5. The second-order valence-corrected chi connectivity index (χ2v) is 5.18. The molecule has 0 bridgehead atoms. The van der Waals surface area contributed by atoms with Crippen LogP contribution in [-0.4, -0.2) is 17.4 Å². The highest BCUT2D eigenvalue weighted by Crippen LogP contribution is 2.19. The summed E-state index contributed by atoms with van der Waals surface area (Å²) in [6, 6.07) is 12.7. The third kappa shape index (κ3) is 4.82. The highest BCUT2D eigenvalue weighted by Gasteiger charge is 2.07. The number of aromatic nitrogens is 1. The Morgan fingerprint density at radius 3 is 2.87 bits per heavy atom. The average molecular weight is 308 g/mol. The average Bonchev–Trinajstić information content (AvgIpc) is 2.59. The van der Waals surface area contributed by atoms with Gasteiger partial charge in [0.1, 0.15) is 11.9 Å². The van der Waals surface area contributed by atoms with Crippen molar-refractivity contribution >= 4 is 17.4 Å². The van der Waals surface area contributed by atoms with E-state index in [9.17, 15) is 4.79 Å². The van der Waals surface area contributed by atoms with Crippen LogP contribution in [0.15, 0.2) is 42.6 Å². The highest BCUT2D eigenvalue weighted by atomic mass is 16.1. The van der Waals surface area contributed by atoms with Gasteiger partial charge in [-0.1, -0.05) is 31.9 Å². The summed E-state index contributed by atoms with van der Waals surface area (Å²) < 4.78 is 0. The SMILES string of the molecule is CCCCCNC(=O)c1ccnc(Nc2ccccc2C#N)c1. The zero-order valence-electron chi connectivity index (χ0n) is 13.2. The summed E-state index contributed by atoms with van der Waals surface area (Å²) in [4.78, 5) is 16.3. The normalized spacial score (nSPS) is 9.91. The number of nitrogens with one attached hydrogen (secondary N) is 2. The Balaban J connectivity index is 2.05. The quantitative estimate of drug-likeness (QED) is 0.766. The van der Waals surface area contributed by atoms with Crippen molar-refractivity contribution in [3.63, 3.8) is 0 Å². The molecule has 0 fully saturated rings. The number of nitrogens with zero attached hydrogens (tertiary/aromatic N) is 2. The monoisotopic (exact) mass is 308 g/mol. The third-order valence-electron chi connectivity index (χ3n) is 3.40. The molecule has 2 aromatic rings. The predicted molar refractivity (Wildman–Crippen MR) is 90.5 cm³/mol. The van der Waals surface area contributed by atoms with Gasteiger partial charge in [-0.2, -0.15) is 5.26 Å². The van der Waals surface area contributed by atoms with Gasteiger partial charge >= 0.3 is 0 Å². The van der Waals surface area contributed by atoms with E-state index >= 15 is 0 Å². The molecule has 0 aliphatic heterocycles. The van der Waals surface area contributed by atoms with Crippen molar-refractivity contribution in [1.29, 1.82) is 5.26 Å². The minimum Gasteiger partial charge on any atom is -0.352 e. The van der Waals surface area contributed by atoms with Crippen LogP contribution in [0.4, 0.5) is 11.5 Å². The second kappa shape index (κ2) is 8.54. The first-order chi connectivity index (χ1) is 11.2. The van der Waals surface area contributed by atoms with E-state index in [4.69, 9.17) is 5.26 Å². The second-order valence-electron chi connectivity index (χ2n) is 5.18. The van der Waals surface area contributed by atoms with Gasteiger partial charge in [0.15, 0.2) is 0 Å². The van der Waals surface area contributed by atoms with Crippen LogP contribution in [0.2, 0.25) is 0 Å². The molecule has 0 atom stereocenters. The number of hydrogen-bond acceptors (Lipinski definition) is 4. The van der Waals surface area contributed by atoms with Crippen molar-refractivity contribution in [2.24, 2.45) is 0 Å². The number of amides is 1. The van der Waals surface area contributed by atoms with Crippen LogP contribution in [0.25, 0.3) is 0 Å². The van der Waals surface area contributed by atoms with Gasteiger partial charge in [-0.05, 0) is 30.7 Å². The molecule has 1 amide bonds. The number of hydrogen-bond donors (Lipinski definition) is 2. The minimum absolute atomic E-state index is 0.111. The van der Waals surface area contributed by atoms with Crippen LogP contribution >= 0.6 is 0 Å². The maximum atomic E-state index is 12.1. The lowest BCUT2D eigenvalue weighted by Gasteiger charge is -2.09. The van der Waals surface area contributed by atoms with E-state index in [0.29, 0.717) is 29.2 Å². The number of benzene rings is 1. The van der Waals surface area contributed by atoms with Crippen LogP contribution in [0.1, 0.15) is 42.1 Å². The Bertz CT molecular complexity index is 706. The number of carbonyl (C=O) groups excluding carboxylic acids is 1. The fourth-order valence-electron chi connectivity index (χ4n) is 2.15. The zero-order valence-corrected chi connectivity index (χ0v) is 13.2. The van der Waals surface area contributed by atoms with E-state index < -0.39 is 0 Å². The van der Waals surface area contributed by atoms with E-state index in [2.05, 4.69) is 28.6 Å². The molecule has 118 valence electrons. The summed E-state index contributed by atoms with van der Waals surface area (Å²) in [5.41, 5.74) is 1.75.